The van der Waals surface area contributed by atoms with Crippen LogP contribution in [0.2, 0.25) is 5.02 Å². The number of fused-ring (bicyclic) bond motifs is 1. The van der Waals surface area contributed by atoms with E-state index in [2.05, 4.69) is 9.55 Å². The average Bonchev–Trinajstić information content (AvgIpc) is 3.21. The Bertz CT molecular complexity index is 920. The second kappa shape index (κ2) is 5.91. The Hall–Kier alpha value is -2.40. The minimum atomic E-state index is 0.0960. The predicted molar refractivity (Wildman–Crippen MR) is 93.9 cm³/mol. The van der Waals surface area contributed by atoms with Crippen molar-refractivity contribution >= 4 is 28.4 Å². The second-order valence-corrected chi connectivity index (χ2v) is 6.36. The van der Waals surface area contributed by atoms with Crippen LogP contribution in [0.1, 0.15) is 19.4 Å². The minimum absolute atomic E-state index is 0.0960. The van der Waals surface area contributed by atoms with Crippen LogP contribution < -0.4 is 0 Å². The number of para-hydroxylation sites is 1. The van der Waals surface area contributed by atoms with E-state index in [1.165, 1.54) is 0 Å². The molecule has 1 amide bonds. The first-order valence-corrected chi connectivity index (χ1v) is 8.41. The van der Waals surface area contributed by atoms with Gasteiger partial charge in [-0.05, 0) is 19.1 Å². The van der Waals surface area contributed by atoms with Crippen LogP contribution in [0.25, 0.3) is 22.4 Å². The summed E-state index contributed by atoms with van der Waals surface area (Å²) in [7, 11) is 0. The molecule has 122 valence electrons. The molecule has 3 heterocycles. The average molecular weight is 341 g/mol. The highest BCUT2D eigenvalue weighted by Gasteiger charge is 2.31. The summed E-state index contributed by atoms with van der Waals surface area (Å²) in [6, 6.07) is 9.78. The second-order valence-electron chi connectivity index (χ2n) is 5.96. The zero-order valence-corrected chi connectivity index (χ0v) is 14.1. The van der Waals surface area contributed by atoms with Crippen LogP contribution in [0.4, 0.5) is 0 Å². The highest BCUT2D eigenvalue weighted by Crippen LogP contribution is 2.29. The van der Waals surface area contributed by atoms with Crippen LogP contribution in [0.5, 0.6) is 0 Å². The number of likely N-dealkylation sites (tertiary alicyclic amines) is 1. The highest BCUT2D eigenvalue weighted by atomic mass is 35.5. The third kappa shape index (κ3) is 2.45. The molecule has 1 atom stereocenters. The van der Waals surface area contributed by atoms with E-state index in [1.807, 2.05) is 48.4 Å². The summed E-state index contributed by atoms with van der Waals surface area (Å²) >= 11 is 6.27. The van der Waals surface area contributed by atoms with Gasteiger partial charge < -0.3 is 9.47 Å². The van der Waals surface area contributed by atoms with Gasteiger partial charge in [-0.2, -0.15) is 0 Å². The van der Waals surface area contributed by atoms with Gasteiger partial charge in [0.05, 0.1) is 16.6 Å². The third-order valence-corrected chi connectivity index (χ3v) is 4.84. The topological polar surface area (TPSA) is 51.0 Å². The van der Waals surface area contributed by atoms with Crippen molar-refractivity contribution in [3.05, 3.63) is 47.7 Å². The molecule has 0 bridgehead atoms. The number of nitrogens with zero attached hydrogens (tertiary/aromatic N) is 4. The first kappa shape index (κ1) is 15.1. The monoisotopic (exact) mass is 340 g/mol. The van der Waals surface area contributed by atoms with E-state index < -0.39 is 0 Å². The summed E-state index contributed by atoms with van der Waals surface area (Å²) in [6.07, 6.45) is 4.18. The summed E-state index contributed by atoms with van der Waals surface area (Å²) in [5, 5.41) is 1.62. The number of hydrogen-bond acceptors (Lipinski definition) is 3. The molecular weight excluding hydrogens is 324 g/mol. The molecule has 5 nitrogen and oxygen atoms in total. The van der Waals surface area contributed by atoms with Gasteiger partial charge in [0.25, 0.3) is 0 Å². The Labute approximate surface area is 144 Å². The molecule has 1 fully saturated rings. The fourth-order valence-electron chi connectivity index (χ4n) is 3.28. The number of amides is 1. The molecule has 0 aliphatic carbocycles. The molecule has 0 N–H and O–H groups in total. The minimum Gasteiger partial charge on any atom is -0.341 e. The van der Waals surface area contributed by atoms with Gasteiger partial charge in [-0.3, -0.25) is 4.79 Å². The lowest BCUT2D eigenvalue weighted by molar-refractivity contribution is -0.127. The van der Waals surface area contributed by atoms with Gasteiger partial charge in [0.15, 0.2) is 5.82 Å². The molecule has 1 aromatic carbocycles. The zero-order valence-electron chi connectivity index (χ0n) is 13.3. The van der Waals surface area contributed by atoms with Crippen molar-refractivity contribution < 1.29 is 4.79 Å². The molecule has 0 saturated carbocycles. The number of carbonyl (C=O) groups excluding carboxylic acids is 1. The van der Waals surface area contributed by atoms with E-state index in [1.54, 1.807) is 6.20 Å². The molecule has 1 aliphatic rings. The number of likely N-dealkylation sites (N-methyl/N-ethyl adjacent to an activating group) is 1. The van der Waals surface area contributed by atoms with E-state index in [0.717, 1.165) is 29.0 Å². The predicted octanol–water partition coefficient (Wildman–Crippen LogP) is 3.55. The van der Waals surface area contributed by atoms with Crippen molar-refractivity contribution in [1.82, 2.24) is 19.4 Å². The van der Waals surface area contributed by atoms with Crippen LogP contribution in [0.15, 0.2) is 42.7 Å². The van der Waals surface area contributed by atoms with Crippen LogP contribution in [0, 0.1) is 0 Å². The number of halogens is 1. The van der Waals surface area contributed by atoms with Gasteiger partial charge in [0, 0.05) is 37.3 Å². The smallest absolute Gasteiger partial charge is 0.224 e. The molecule has 0 spiro atoms. The maximum absolute atomic E-state index is 12.0. The van der Waals surface area contributed by atoms with Crippen molar-refractivity contribution in [3.63, 3.8) is 0 Å². The molecule has 0 radical (unpaired) electrons. The van der Waals surface area contributed by atoms with E-state index in [0.29, 0.717) is 18.0 Å². The molecule has 1 unspecified atom stereocenters. The van der Waals surface area contributed by atoms with Crippen LogP contribution >= 0.6 is 11.6 Å². The normalized spacial score (nSPS) is 17.8. The molecule has 4 rings (SSSR count). The molecule has 1 aliphatic heterocycles. The maximum Gasteiger partial charge on any atom is 0.224 e. The van der Waals surface area contributed by atoms with Crippen molar-refractivity contribution in [1.29, 1.82) is 0 Å². The Kier molecular flexibility index (Phi) is 3.73. The first-order chi connectivity index (χ1) is 11.7. The summed E-state index contributed by atoms with van der Waals surface area (Å²) in [4.78, 5) is 23.1. The fourth-order valence-corrected chi connectivity index (χ4v) is 3.51. The summed E-state index contributed by atoms with van der Waals surface area (Å²) in [5.41, 5.74) is 1.53. The van der Waals surface area contributed by atoms with Gasteiger partial charge >= 0.3 is 0 Å². The number of rotatable bonds is 3. The van der Waals surface area contributed by atoms with Crippen LogP contribution in [-0.2, 0) is 4.79 Å². The first-order valence-electron chi connectivity index (χ1n) is 8.03. The van der Waals surface area contributed by atoms with Crippen molar-refractivity contribution in [3.8, 4) is 11.5 Å². The molecule has 2 aromatic heterocycles. The number of aromatic nitrogens is 3. The van der Waals surface area contributed by atoms with E-state index in [-0.39, 0.29) is 11.9 Å². The molecule has 1 saturated heterocycles. The van der Waals surface area contributed by atoms with Crippen molar-refractivity contribution in [2.75, 3.05) is 13.1 Å². The maximum atomic E-state index is 12.0. The van der Waals surface area contributed by atoms with Gasteiger partial charge in [0.1, 0.15) is 5.69 Å². The van der Waals surface area contributed by atoms with Crippen LogP contribution in [0.3, 0.4) is 0 Å². The number of hydrogen-bond donors (Lipinski definition) is 0. The van der Waals surface area contributed by atoms with E-state index in [9.17, 15) is 4.79 Å². The SMILES string of the molecule is CCN1CC(n2ccnc2-c2ccc3cccc(Cl)c3n2)CC1=O. The van der Waals surface area contributed by atoms with Crippen molar-refractivity contribution in [2.45, 2.75) is 19.4 Å². The van der Waals surface area contributed by atoms with Gasteiger partial charge in [-0.1, -0.05) is 29.8 Å². The highest BCUT2D eigenvalue weighted by molar-refractivity contribution is 6.35. The quantitative estimate of drug-likeness (QED) is 0.732. The Morgan fingerprint density at radius 1 is 1.29 bits per heavy atom. The Morgan fingerprint density at radius 2 is 2.17 bits per heavy atom. The Balaban J connectivity index is 1.75. The number of benzene rings is 1. The van der Waals surface area contributed by atoms with Crippen LogP contribution in [-0.4, -0.2) is 38.4 Å². The summed E-state index contributed by atoms with van der Waals surface area (Å²) in [6.45, 7) is 3.46. The lowest BCUT2D eigenvalue weighted by Crippen LogP contribution is -2.24. The fraction of sp³-hybridized carbons (Fsp3) is 0.278. The van der Waals surface area contributed by atoms with Gasteiger partial charge in [-0.25, -0.2) is 9.97 Å². The summed E-state index contributed by atoms with van der Waals surface area (Å²) < 4.78 is 2.05. The third-order valence-electron chi connectivity index (χ3n) is 4.54. The summed E-state index contributed by atoms with van der Waals surface area (Å²) in [5.74, 6) is 0.962. The largest absolute Gasteiger partial charge is 0.341 e. The molecular formula is C18H17ClN4O. The molecule has 3 aromatic rings. The lowest BCUT2D eigenvalue weighted by atomic mass is 10.2. The molecule has 24 heavy (non-hydrogen) atoms. The van der Waals surface area contributed by atoms with E-state index in [4.69, 9.17) is 16.6 Å². The standard InChI is InChI=1S/C18H17ClN4O/c1-2-22-11-13(10-16(22)24)23-9-8-20-18(23)15-7-6-12-4-3-5-14(19)17(12)21-15/h3-9,13H,2,10-11H2,1H3. The van der Waals surface area contributed by atoms with Crippen molar-refractivity contribution in [2.24, 2.45) is 0 Å². The zero-order chi connectivity index (χ0) is 16.7. The Morgan fingerprint density at radius 3 is 2.96 bits per heavy atom. The van der Waals surface area contributed by atoms with Gasteiger partial charge in [0.2, 0.25) is 5.91 Å². The lowest BCUT2D eigenvalue weighted by Gasteiger charge is -2.16. The number of imidazole rings is 1. The van der Waals surface area contributed by atoms with E-state index >= 15 is 0 Å². The van der Waals surface area contributed by atoms with Gasteiger partial charge in [-0.15, -0.1) is 0 Å². The number of carbonyl (C=O) groups is 1. The number of pyridine rings is 1. The molecule has 6 heteroatoms.